The fourth-order valence-corrected chi connectivity index (χ4v) is 2.77. The van der Waals surface area contributed by atoms with Crippen molar-refractivity contribution in [1.29, 1.82) is 5.26 Å². The number of rotatable bonds is 6. The van der Waals surface area contributed by atoms with Gasteiger partial charge in [0, 0.05) is 13.1 Å². The van der Waals surface area contributed by atoms with Gasteiger partial charge in [-0.1, -0.05) is 12.1 Å². The first-order chi connectivity index (χ1) is 10.2. The van der Waals surface area contributed by atoms with Crippen LogP contribution in [0.3, 0.4) is 0 Å². The monoisotopic (exact) mass is 288 g/mol. The third-order valence-electron chi connectivity index (χ3n) is 3.63. The lowest BCUT2D eigenvalue weighted by Crippen LogP contribution is -2.45. The quantitative estimate of drug-likeness (QED) is 0.755. The molecule has 0 bridgehead atoms. The maximum Gasteiger partial charge on any atom is 0.137 e. The van der Waals surface area contributed by atoms with E-state index in [4.69, 9.17) is 14.7 Å². The molecule has 1 fully saturated rings. The van der Waals surface area contributed by atoms with E-state index in [2.05, 4.69) is 24.8 Å². The van der Waals surface area contributed by atoms with Crippen LogP contribution < -0.4 is 4.74 Å². The predicted molar refractivity (Wildman–Crippen MR) is 82.3 cm³/mol. The summed E-state index contributed by atoms with van der Waals surface area (Å²) in [5.41, 5.74) is 0.605. The normalized spacial score (nSPS) is 22.7. The van der Waals surface area contributed by atoms with Gasteiger partial charge in [-0.3, -0.25) is 4.90 Å². The minimum absolute atomic E-state index is 0.326. The Morgan fingerprint density at radius 2 is 1.95 bits per heavy atom. The van der Waals surface area contributed by atoms with Crippen molar-refractivity contribution in [3.8, 4) is 11.8 Å². The van der Waals surface area contributed by atoms with Gasteiger partial charge in [-0.25, -0.2) is 0 Å². The molecule has 114 valence electrons. The number of hydrogen-bond donors (Lipinski definition) is 0. The van der Waals surface area contributed by atoms with E-state index >= 15 is 0 Å². The van der Waals surface area contributed by atoms with Crippen LogP contribution >= 0.6 is 0 Å². The molecule has 0 N–H and O–H groups in total. The van der Waals surface area contributed by atoms with Gasteiger partial charge in [0.2, 0.25) is 0 Å². The van der Waals surface area contributed by atoms with E-state index < -0.39 is 0 Å². The summed E-state index contributed by atoms with van der Waals surface area (Å²) in [6.45, 7) is 8.04. The predicted octanol–water partition coefficient (Wildman–Crippen LogP) is 2.83. The van der Waals surface area contributed by atoms with Crippen LogP contribution in [0.25, 0.3) is 0 Å². The number of benzene rings is 1. The van der Waals surface area contributed by atoms with Crippen molar-refractivity contribution in [2.45, 2.75) is 38.9 Å². The Hall–Kier alpha value is -1.57. The number of ether oxygens (including phenoxy) is 2. The summed E-state index contributed by atoms with van der Waals surface area (Å²) in [7, 11) is 0. The van der Waals surface area contributed by atoms with Crippen molar-refractivity contribution in [2.75, 3.05) is 26.2 Å². The van der Waals surface area contributed by atoms with Gasteiger partial charge >= 0.3 is 0 Å². The zero-order chi connectivity index (χ0) is 15.1. The van der Waals surface area contributed by atoms with E-state index in [-0.39, 0.29) is 0 Å². The van der Waals surface area contributed by atoms with E-state index in [0.717, 1.165) is 32.5 Å². The molecule has 1 saturated heterocycles. The Morgan fingerprint density at radius 3 is 2.67 bits per heavy atom. The van der Waals surface area contributed by atoms with Crippen LogP contribution in [-0.2, 0) is 4.74 Å². The SMILES string of the molecule is C[C@@H]1CN(CCCCOc2ccccc2C#N)C[C@@H](C)O1. The summed E-state index contributed by atoms with van der Waals surface area (Å²) in [6, 6.07) is 9.53. The van der Waals surface area contributed by atoms with Gasteiger partial charge in [-0.15, -0.1) is 0 Å². The van der Waals surface area contributed by atoms with Crippen LogP contribution in [0.1, 0.15) is 32.3 Å². The molecule has 0 saturated carbocycles. The van der Waals surface area contributed by atoms with Crippen molar-refractivity contribution in [3.05, 3.63) is 29.8 Å². The molecule has 0 spiro atoms. The van der Waals surface area contributed by atoms with Gasteiger partial charge in [0.25, 0.3) is 0 Å². The minimum atomic E-state index is 0.326. The lowest BCUT2D eigenvalue weighted by atomic mass is 10.2. The fraction of sp³-hybridized carbons (Fsp3) is 0.588. The maximum absolute atomic E-state index is 8.99. The first-order valence-corrected chi connectivity index (χ1v) is 7.69. The summed E-state index contributed by atoms with van der Waals surface area (Å²) in [4.78, 5) is 2.46. The van der Waals surface area contributed by atoms with Gasteiger partial charge in [0.1, 0.15) is 11.8 Å². The highest BCUT2D eigenvalue weighted by molar-refractivity contribution is 5.42. The van der Waals surface area contributed by atoms with E-state index in [0.29, 0.717) is 30.1 Å². The standard InChI is InChI=1S/C17H24N2O2/c1-14-12-19(13-15(2)21-14)9-5-6-10-20-17-8-4-3-7-16(17)11-18/h3-4,7-8,14-15H,5-6,9-10,12-13H2,1-2H3/t14-,15-/m1/s1. The lowest BCUT2D eigenvalue weighted by Gasteiger charge is -2.35. The molecular weight excluding hydrogens is 264 g/mol. The Labute approximate surface area is 127 Å². The zero-order valence-electron chi connectivity index (χ0n) is 12.9. The Morgan fingerprint density at radius 1 is 1.24 bits per heavy atom. The molecule has 2 atom stereocenters. The molecule has 0 unspecified atom stereocenters. The van der Waals surface area contributed by atoms with Crippen LogP contribution in [0.2, 0.25) is 0 Å². The van der Waals surface area contributed by atoms with E-state index in [1.165, 1.54) is 0 Å². The van der Waals surface area contributed by atoms with E-state index in [1.54, 1.807) is 6.07 Å². The van der Waals surface area contributed by atoms with Crippen LogP contribution in [0, 0.1) is 11.3 Å². The molecule has 4 heteroatoms. The van der Waals surface area contributed by atoms with Crippen molar-refractivity contribution in [3.63, 3.8) is 0 Å². The van der Waals surface area contributed by atoms with Crippen LogP contribution in [0.4, 0.5) is 0 Å². The molecule has 1 aliphatic heterocycles. The molecule has 1 aromatic rings. The van der Waals surface area contributed by atoms with Crippen LogP contribution in [0.15, 0.2) is 24.3 Å². The highest BCUT2D eigenvalue weighted by Gasteiger charge is 2.21. The molecule has 1 aromatic carbocycles. The van der Waals surface area contributed by atoms with Crippen molar-refractivity contribution in [2.24, 2.45) is 0 Å². The summed E-state index contributed by atoms with van der Waals surface area (Å²) in [5, 5.41) is 8.99. The molecule has 0 radical (unpaired) electrons. The Bertz CT molecular complexity index is 474. The van der Waals surface area contributed by atoms with E-state index in [9.17, 15) is 0 Å². The second kappa shape index (κ2) is 8.02. The summed E-state index contributed by atoms with van der Waals surface area (Å²) >= 11 is 0. The number of nitriles is 1. The summed E-state index contributed by atoms with van der Waals surface area (Å²) in [6.07, 6.45) is 2.76. The minimum Gasteiger partial charge on any atom is -0.492 e. The van der Waals surface area contributed by atoms with Crippen molar-refractivity contribution < 1.29 is 9.47 Å². The average Bonchev–Trinajstić information content (AvgIpc) is 2.46. The zero-order valence-corrected chi connectivity index (χ0v) is 12.9. The number of nitrogens with zero attached hydrogens (tertiary/aromatic N) is 2. The molecule has 1 heterocycles. The summed E-state index contributed by atoms with van der Waals surface area (Å²) in [5.74, 6) is 0.689. The number of unbranched alkanes of at least 4 members (excludes halogenated alkanes) is 1. The molecule has 1 aliphatic rings. The lowest BCUT2D eigenvalue weighted by molar-refractivity contribution is -0.0682. The van der Waals surface area contributed by atoms with Gasteiger partial charge in [0.15, 0.2) is 0 Å². The third-order valence-corrected chi connectivity index (χ3v) is 3.63. The van der Waals surface area contributed by atoms with Crippen LogP contribution in [-0.4, -0.2) is 43.3 Å². The third kappa shape index (κ3) is 5.04. The largest absolute Gasteiger partial charge is 0.492 e. The Kier molecular flexibility index (Phi) is 6.04. The average molecular weight is 288 g/mol. The first-order valence-electron chi connectivity index (χ1n) is 7.69. The van der Waals surface area contributed by atoms with Gasteiger partial charge in [-0.2, -0.15) is 5.26 Å². The smallest absolute Gasteiger partial charge is 0.137 e. The molecule has 0 amide bonds. The number of morpholine rings is 1. The van der Waals surface area contributed by atoms with Gasteiger partial charge < -0.3 is 9.47 Å². The Balaban J connectivity index is 1.65. The molecular formula is C17H24N2O2. The number of para-hydroxylation sites is 1. The number of hydrogen-bond acceptors (Lipinski definition) is 4. The van der Waals surface area contributed by atoms with E-state index in [1.807, 2.05) is 18.2 Å². The van der Waals surface area contributed by atoms with Crippen molar-refractivity contribution in [1.82, 2.24) is 4.90 Å². The second-order valence-corrected chi connectivity index (χ2v) is 5.68. The van der Waals surface area contributed by atoms with Gasteiger partial charge in [-0.05, 0) is 45.4 Å². The second-order valence-electron chi connectivity index (χ2n) is 5.68. The van der Waals surface area contributed by atoms with Gasteiger partial charge in [0.05, 0.1) is 24.4 Å². The molecule has 21 heavy (non-hydrogen) atoms. The topological polar surface area (TPSA) is 45.5 Å². The van der Waals surface area contributed by atoms with Crippen molar-refractivity contribution >= 4 is 0 Å². The summed E-state index contributed by atoms with van der Waals surface area (Å²) < 4.78 is 11.4. The maximum atomic E-state index is 8.99. The highest BCUT2D eigenvalue weighted by Crippen LogP contribution is 2.17. The molecule has 2 rings (SSSR count). The first kappa shape index (κ1) is 15.8. The fourth-order valence-electron chi connectivity index (χ4n) is 2.77. The van der Waals surface area contributed by atoms with Crippen LogP contribution in [0.5, 0.6) is 5.75 Å². The molecule has 0 aliphatic carbocycles. The molecule has 4 nitrogen and oxygen atoms in total. The molecule has 0 aromatic heterocycles. The highest BCUT2D eigenvalue weighted by atomic mass is 16.5.